The molecule has 1 aliphatic rings. The zero-order valence-corrected chi connectivity index (χ0v) is 13.4. The van der Waals surface area contributed by atoms with Crippen molar-refractivity contribution in [1.82, 2.24) is 9.78 Å². The molecular formula is C13H24N4O2S. The molecule has 0 amide bonds. The van der Waals surface area contributed by atoms with Gasteiger partial charge in [0.15, 0.2) is 20.6 Å². The number of hydrogen-bond acceptors (Lipinski definition) is 5. The van der Waals surface area contributed by atoms with E-state index in [0.29, 0.717) is 11.7 Å². The molecule has 1 aromatic heterocycles. The van der Waals surface area contributed by atoms with Crippen LogP contribution in [0.3, 0.4) is 0 Å². The highest BCUT2D eigenvalue weighted by molar-refractivity contribution is 7.91. The summed E-state index contributed by atoms with van der Waals surface area (Å²) in [5, 5.41) is 4.46. The summed E-state index contributed by atoms with van der Waals surface area (Å²) in [4.78, 5) is 2.23. The summed E-state index contributed by atoms with van der Waals surface area (Å²) in [6.07, 6.45) is 3.30. The maximum Gasteiger partial charge on any atom is 0.182 e. The van der Waals surface area contributed by atoms with E-state index in [1.807, 2.05) is 18.7 Å². The molecule has 6 nitrogen and oxygen atoms in total. The molecule has 1 aromatic rings. The fourth-order valence-electron chi connectivity index (χ4n) is 2.60. The van der Waals surface area contributed by atoms with Crippen molar-refractivity contribution in [2.75, 3.05) is 30.0 Å². The van der Waals surface area contributed by atoms with Gasteiger partial charge in [0, 0.05) is 25.4 Å². The minimum atomic E-state index is -3.39. The highest BCUT2D eigenvalue weighted by Crippen LogP contribution is 2.33. The molecule has 114 valence electrons. The van der Waals surface area contributed by atoms with Crippen molar-refractivity contribution in [3.8, 4) is 0 Å². The summed E-state index contributed by atoms with van der Waals surface area (Å²) in [5.74, 6) is 1.44. The number of piperidine rings is 1. The van der Waals surface area contributed by atoms with E-state index in [1.165, 1.54) is 6.26 Å². The predicted octanol–water partition coefficient (Wildman–Crippen LogP) is 1.69. The Morgan fingerprint density at radius 3 is 2.30 bits per heavy atom. The first-order valence-electron chi connectivity index (χ1n) is 7.04. The van der Waals surface area contributed by atoms with Crippen LogP contribution in [0.4, 0.5) is 11.6 Å². The van der Waals surface area contributed by atoms with Gasteiger partial charge in [-0.3, -0.25) is 0 Å². The first-order valence-corrected chi connectivity index (χ1v) is 8.94. The second-order valence-electron chi connectivity index (χ2n) is 6.02. The highest BCUT2D eigenvalue weighted by atomic mass is 32.2. The fraction of sp³-hybridized carbons (Fsp3) is 0.769. The highest BCUT2D eigenvalue weighted by Gasteiger charge is 2.30. The van der Waals surface area contributed by atoms with Gasteiger partial charge in [0.2, 0.25) is 0 Å². The van der Waals surface area contributed by atoms with Crippen LogP contribution in [-0.4, -0.2) is 37.5 Å². The molecular weight excluding hydrogens is 276 g/mol. The number of hydrogen-bond donors (Lipinski definition) is 1. The topological polar surface area (TPSA) is 81.2 Å². The largest absolute Gasteiger partial charge is 0.383 e. The maximum atomic E-state index is 12.1. The molecule has 0 spiro atoms. The summed E-state index contributed by atoms with van der Waals surface area (Å²) >= 11 is 0. The van der Waals surface area contributed by atoms with Crippen LogP contribution in [0.15, 0.2) is 4.90 Å². The second-order valence-corrected chi connectivity index (χ2v) is 7.97. The van der Waals surface area contributed by atoms with Crippen LogP contribution in [0, 0.1) is 5.92 Å². The molecule has 1 aliphatic heterocycles. The fourth-order valence-corrected chi connectivity index (χ4v) is 3.57. The van der Waals surface area contributed by atoms with Gasteiger partial charge in [0.25, 0.3) is 0 Å². The number of aromatic nitrogens is 2. The quantitative estimate of drug-likeness (QED) is 0.918. The molecule has 0 aliphatic carbocycles. The zero-order valence-electron chi connectivity index (χ0n) is 12.6. The zero-order chi connectivity index (χ0) is 15.1. The van der Waals surface area contributed by atoms with E-state index in [2.05, 4.69) is 12.0 Å². The van der Waals surface area contributed by atoms with Crippen molar-refractivity contribution in [3.05, 3.63) is 0 Å². The van der Waals surface area contributed by atoms with E-state index in [-0.39, 0.29) is 16.8 Å². The Hall–Kier alpha value is -1.24. The van der Waals surface area contributed by atoms with Crippen molar-refractivity contribution in [1.29, 1.82) is 0 Å². The Bertz CT molecular complexity index is 584. The summed E-state index contributed by atoms with van der Waals surface area (Å²) < 4.78 is 25.7. The third-order valence-corrected chi connectivity index (χ3v) is 4.96. The van der Waals surface area contributed by atoms with E-state index < -0.39 is 9.84 Å². The van der Waals surface area contributed by atoms with Crippen LogP contribution in [0.1, 0.15) is 39.7 Å². The molecule has 0 aromatic carbocycles. The summed E-state index contributed by atoms with van der Waals surface area (Å²) in [5.41, 5.74) is 6.02. The van der Waals surface area contributed by atoms with E-state index in [4.69, 9.17) is 5.73 Å². The van der Waals surface area contributed by atoms with Crippen molar-refractivity contribution >= 4 is 21.5 Å². The van der Waals surface area contributed by atoms with Crippen molar-refractivity contribution < 1.29 is 8.42 Å². The van der Waals surface area contributed by atoms with Gasteiger partial charge in [-0.05, 0) is 32.6 Å². The average molecular weight is 300 g/mol. The third-order valence-electron chi connectivity index (χ3n) is 3.83. The van der Waals surface area contributed by atoms with E-state index in [0.717, 1.165) is 25.9 Å². The SMILES string of the molecule is CC1CCN(c2nn(C(C)C)c(N)c2S(C)(=O)=O)CC1. The molecule has 0 saturated carbocycles. The number of nitrogen functional groups attached to an aromatic ring is 1. The number of sulfone groups is 1. The standard InChI is InChI=1S/C13H24N4O2S/c1-9(2)17-12(14)11(20(4,18)19)13(15-17)16-7-5-10(3)6-8-16/h9-10H,5-8,14H2,1-4H3. The van der Waals surface area contributed by atoms with E-state index in [9.17, 15) is 8.42 Å². The Labute approximate surface area is 120 Å². The van der Waals surface area contributed by atoms with Gasteiger partial charge in [-0.2, -0.15) is 5.10 Å². The Balaban J connectivity index is 2.49. The molecule has 2 N–H and O–H groups in total. The molecule has 1 fully saturated rings. The molecule has 20 heavy (non-hydrogen) atoms. The van der Waals surface area contributed by atoms with Crippen molar-refractivity contribution in [3.63, 3.8) is 0 Å². The average Bonchev–Trinajstić information content (AvgIpc) is 2.67. The van der Waals surface area contributed by atoms with Crippen LogP contribution in [0.2, 0.25) is 0 Å². The smallest absolute Gasteiger partial charge is 0.182 e. The van der Waals surface area contributed by atoms with Crippen LogP contribution < -0.4 is 10.6 Å². The lowest BCUT2D eigenvalue weighted by Gasteiger charge is -2.30. The first kappa shape index (κ1) is 15.2. The lowest BCUT2D eigenvalue weighted by molar-refractivity contribution is 0.433. The Kier molecular flexibility index (Phi) is 4.00. The van der Waals surface area contributed by atoms with Gasteiger partial charge in [-0.1, -0.05) is 6.92 Å². The van der Waals surface area contributed by atoms with Gasteiger partial charge in [0.1, 0.15) is 5.82 Å². The predicted molar refractivity (Wildman–Crippen MR) is 80.7 cm³/mol. The Morgan fingerprint density at radius 1 is 1.30 bits per heavy atom. The molecule has 2 heterocycles. The van der Waals surface area contributed by atoms with Crippen LogP contribution in [0.5, 0.6) is 0 Å². The Morgan fingerprint density at radius 2 is 1.85 bits per heavy atom. The van der Waals surface area contributed by atoms with E-state index >= 15 is 0 Å². The van der Waals surface area contributed by atoms with Crippen molar-refractivity contribution in [2.24, 2.45) is 5.92 Å². The molecule has 0 bridgehead atoms. The molecule has 7 heteroatoms. The molecule has 0 atom stereocenters. The van der Waals surface area contributed by atoms with Crippen LogP contribution >= 0.6 is 0 Å². The van der Waals surface area contributed by atoms with Crippen molar-refractivity contribution in [2.45, 2.75) is 44.6 Å². The molecule has 1 saturated heterocycles. The normalized spacial score (nSPS) is 17.9. The third kappa shape index (κ3) is 2.77. The molecule has 0 radical (unpaired) electrons. The monoisotopic (exact) mass is 300 g/mol. The van der Waals surface area contributed by atoms with Gasteiger partial charge in [-0.25, -0.2) is 13.1 Å². The summed E-state index contributed by atoms with van der Waals surface area (Å²) in [6, 6.07) is 0.0352. The first-order chi connectivity index (χ1) is 9.21. The summed E-state index contributed by atoms with van der Waals surface area (Å²) in [6.45, 7) is 7.77. The lowest BCUT2D eigenvalue weighted by atomic mass is 9.99. The lowest BCUT2D eigenvalue weighted by Crippen LogP contribution is -2.34. The second kappa shape index (κ2) is 5.27. The summed E-state index contributed by atoms with van der Waals surface area (Å²) in [7, 11) is -3.39. The molecule has 2 rings (SSSR count). The van der Waals surface area contributed by atoms with Gasteiger partial charge < -0.3 is 10.6 Å². The number of nitrogens with two attached hydrogens (primary N) is 1. The number of nitrogens with zero attached hydrogens (tertiary/aromatic N) is 3. The van der Waals surface area contributed by atoms with E-state index in [1.54, 1.807) is 4.68 Å². The minimum Gasteiger partial charge on any atom is -0.383 e. The maximum absolute atomic E-state index is 12.1. The molecule has 0 unspecified atom stereocenters. The van der Waals surface area contributed by atoms with Crippen LogP contribution in [0.25, 0.3) is 0 Å². The van der Waals surface area contributed by atoms with Gasteiger partial charge in [-0.15, -0.1) is 0 Å². The van der Waals surface area contributed by atoms with Crippen LogP contribution in [-0.2, 0) is 9.84 Å². The number of anilines is 2. The minimum absolute atomic E-state index is 0.0352. The number of rotatable bonds is 3. The van der Waals surface area contributed by atoms with Gasteiger partial charge in [0.05, 0.1) is 0 Å². The van der Waals surface area contributed by atoms with Gasteiger partial charge >= 0.3 is 0 Å².